The van der Waals surface area contributed by atoms with Crippen molar-refractivity contribution < 1.29 is 28.4 Å². The van der Waals surface area contributed by atoms with Crippen LogP contribution >= 0.6 is 0 Å². The van der Waals surface area contributed by atoms with Crippen LogP contribution in [0.4, 0.5) is 0 Å². The average molecular weight is 747 g/mol. The van der Waals surface area contributed by atoms with Crippen LogP contribution < -0.4 is 9.81 Å². The second kappa shape index (κ2) is 18.0. The van der Waals surface area contributed by atoms with Crippen LogP contribution in [0.2, 0.25) is 0 Å². The van der Waals surface area contributed by atoms with E-state index in [0.29, 0.717) is 39.6 Å². The Morgan fingerprint density at radius 1 is 0.400 bits per heavy atom. The minimum absolute atomic E-state index is 0.452. The van der Waals surface area contributed by atoms with Crippen molar-refractivity contribution in [3.8, 4) is 0 Å². The van der Waals surface area contributed by atoms with Crippen molar-refractivity contribution in [2.75, 3.05) is 39.6 Å². The zero-order valence-electron chi connectivity index (χ0n) is 24.8. The molecule has 3 aromatic rings. The molecule has 0 unspecified atom stereocenters. The first-order valence-electron chi connectivity index (χ1n) is 14.4. The SMILES string of the molecule is CCOC(OCC)c1cccc[c]1[Bi]([c]1ccccc1C(OCC)OCC)[c]1ccccc1C(OCC)OCC. The molecule has 0 aliphatic rings. The zero-order valence-corrected chi connectivity index (χ0v) is 28.3. The van der Waals surface area contributed by atoms with Crippen molar-refractivity contribution in [1.82, 2.24) is 0 Å². The maximum absolute atomic E-state index is 6.15. The molecule has 3 rings (SSSR count). The molecule has 0 atom stereocenters. The van der Waals surface area contributed by atoms with E-state index in [4.69, 9.17) is 28.4 Å². The number of hydrogen-bond donors (Lipinski definition) is 0. The van der Waals surface area contributed by atoms with Crippen molar-refractivity contribution in [1.29, 1.82) is 0 Å². The fourth-order valence-electron chi connectivity index (χ4n) is 4.65. The van der Waals surface area contributed by atoms with Gasteiger partial charge in [-0.1, -0.05) is 0 Å². The van der Waals surface area contributed by atoms with Gasteiger partial charge in [0.2, 0.25) is 0 Å². The summed E-state index contributed by atoms with van der Waals surface area (Å²) < 4.78 is 40.8. The van der Waals surface area contributed by atoms with Crippen LogP contribution in [0.3, 0.4) is 0 Å². The number of benzene rings is 3. The summed E-state index contributed by atoms with van der Waals surface area (Å²) in [6.45, 7) is 15.3. The molecule has 7 heteroatoms. The third-order valence-electron chi connectivity index (χ3n) is 6.20. The molecule has 0 amide bonds. The zero-order chi connectivity index (χ0) is 28.7. The molecule has 6 nitrogen and oxygen atoms in total. The number of ether oxygens (including phenoxy) is 6. The predicted octanol–water partition coefficient (Wildman–Crippen LogP) is 5.42. The van der Waals surface area contributed by atoms with Gasteiger partial charge in [-0.25, -0.2) is 0 Å². The van der Waals surface area contributed by atoms with Gasteiger partial charge in [0.15, 0.2) is 0 Å². The van der Waals surface area contributed by atoms with Crippen molar-refractivity contribution in [2.45, 2.75) is 60.4 Å². The monoisotopic (exact) mass is 746 g/mol. The molecule has 0 heterocycles. The van der Waals surface area contributed by atoms with Crippen molar-refractivity contribution in [3.63, 3.8) is 0 Å². The third-order valence-corrected chi connectivity index (χ3v) is 16.6. The molecular formula is C33H45BiO6. The second-order valence-corrected chi connectivity index (χ2v) is 17.0. The standard InChI is InChI=1S/3C11H15O2.Bi/c3*1-3-12-11(13-4-2)10-8-6-5-7-9-10;/h3*5-8,11H,3-4H2,1-2H3;. The predicted molar refractivity (Wildman–Crippen MR) is 162 cm³/mol. The molecule has 0 aliphatic heterocycles. The summed E-state index contributed by atoms with van der Waals surface area (Å²) in [5, 5.41) is 0. The first kappa shape index (κ1) is 32.8. The van der Waals surface area contributed by atoms with Crippen LogP contribution in [0.25, 0.3) is 0 Å². The summed E-state index contributed by atoms with van der Waals surface area (Å²) in [4.78, 5) is 0. The molecule has 0 aliphatic carbocycles. The Bertz CT molecular complexity index is 980. The van der Waals surface area contributed by atoms with Crippen molar-refractivity contribution in [3.05, 3.63) is 89.5 Å². The molecule has 0 N–H and O–H groups in total. The molecule has 0 bridgehead atoms. The van der Waals surface area contributed by atoms with Crippen molar-refractivity contribution >= 4 is 31.6 Å². The van der Waals surface area contributed by atoms with Crippen LogP contribution in [0, 0.1) is 0 Å². The van der Waals surface area contributed by atoms with Gasteiger partial charge in [-0.2, -0.15) is 0 Å². The van der Waals surface area contributed by atoms with Gasteiger partial charge in [-0.15, -0.1) is 0 Å². The molecule has 0 radical (unpaired) electrons. The van der Waals surface area contributed by atoms with Crippen LogP contribution in [0.15, 0.2) is 72.8 Å². The summed E-state index contributed by atoms with van der Waals surface area (Å²) in [5.41, 5.74) is 3.21. The maximum atomic E-state index is 6.15. The Kier molecular flexibility index (Phi) is 14.7. The van der Waals surface area contributed by atoms with E-state index >= 15 is 0 Å². The van der Waals surface area contributed by atoms with Crippen LogP contribution in [-0.2, 0) is 28.4 Å². The first-order valence-corrected chi connectivity index (χ1v) is 19.6. The summed E-state index contributed by atoms with van der Waals surface area (Å²) >= 11 is -3.17. The Morgan fingerprint density at radius 2 is 0.625 bits per heavy atom. The number of hydrogen-bond acceptors (Lipinski definition) is 6. The molecular weight excluding hydrogens is 701 g/mol. The van der Waals surface area contributed by atoms with Crippen LogP contribution in [0.1, 0.15) is 77.1 Å². The molecule has 0 spiro atoms. The van der Waals surface area contributed by atoms with Gasteiger partial charge in [0, 0.05) is 0 Å². The quantitative estimate of drug-likeness (QED) is 0.128. The van der Waals surface area contributed by atoms with Gasteiger partial charge >= 0.3 is 250 Å². The Morgan fingerprint density at radius 3 is 0.850 bits per heavy atom. The van der Waals surface area contributed by atoms with E-state index < -0.39 is 40.6 Å². The second-order valence-electron chi connectivity index (χ2n) is 8.74. The van der Waals surface area contributed by atoms with Gasteiger partial charge in [-0.05, 0) is 0 Å². The third kappa shape index (κ3) is 8.42. The summed E-state index contributed by atoms with van der Waals surface area (Å²) in [5.74, 6) is 0. The van der Waals surface area contributed by atoms with Crippen LogP contribution in [0.5, 0.6) is 0 Å². The fourth-order valence-corrected chi connectivity index (χ4v) is 15.5. The molecule has 0 saturated heterocycles. The number of rotatable bonds is 18. The molecule has 3 aromatic carbocycles. The Labute approximate surface area is 248 Å². The summed E-state index contributed by atoms with van der Waals surface area (Å²) in [7, 11) is 0. The topological polar surface area (TPSA) is 55.4 Å². The van der Waals surface area contributed by atoms with E-state index in [1.165, 1.54) is 9.81 Å². The van der Waals surface area contributed by atoms with Gasteiger partial charge in [0.25, 0.3) is 0 Å². The van der Waals surface area contributed by atoms with E-state index in [9.17, 15) is 0 Å². The van der Waals surface area contributed by atoms with E-state index in [1.54, 1.807) is 0 Å². The van der Waals surface area contributed by atoms with Crippen molar-refractivity contribution in [2.24, 2.45) is 0 Å². The molecule has 40 heavy (non-hydrogen) atoms. The minimum atomic E-state index is -3.17. The van der Waals surface area contributed by atoms with E-state index in [0.717, 1.165) is 16.7 Å². The molecule has 0 saturated carbocycles. The molecule has 0 aromatic heterocycles. The van der Waals surface area contributed by atoms with Crippen LogP contribution in [-0.4, -0.2) is 61.4 Å². The van der Waals surface area contributed by atoms with Gasteiger partial charge < -0.3 is 0 Å². The van der Waals surface area contributed by atoms with E-state index in [-0.39, 0.29) is 0 Å². The average Bonchev–Trinajstić information content (AvgIpc) is 2.98. The van der Waals surface area contributed by atoms with Gasteiger partial charge in [0.05, 0.1) is 0 Å². The van der Waals surface area contributed by atoms with Gasteiger partial charge in [0.1, 0.15) is 0 Å². The normalized spacial score (nSPS) is 11.8. The molecule has 218 valence electrons. The van der Waals surface area contributed by atoms with E-state index in [2.05, 4.69) is 72.8 Å². The Balaban J connectivity index is 2.36. The summed E-state index contributed by atoms with van der Waals surface area (Å²) in [6, 6.07) is 25.7. The van der Waals surface area contributed by atoms with Gasteiger partial charge in [-0.3, -0.25) is 0 Å². The fraction of sp³-hybridized carbons (Fsp3) is 0.455. The van der Waals surface area contributed by atoms with E-state index in [1.807, 2.05) is 41.5 Å². The summed E-state index contributed by atoms with van der Waals surface area (Å²) in [6.07, 6.45) is -1.36. The Hall–Kier alpha value is -1.70. The molecule has 0 fully saturated rings. The first-order chi connectivity index (χ1) is 19.6.